The summed E-state index contributed by atoms with van der Waals surface area (Å²) in [5, 5.41) is 12.3. The number of carbonyl (C=O) groups is 1. The molecular weight excluding hydrogens is 268 g/mol. The highest BCUT2D eigenvalue weighted by atomic mass is 19.1. The van der Waals surface area contributed by atoms with Crippen LogP contribution in [0.4, 0.5) is 8.78 Å². The molecule has 1 atom stereocenters. The van der Waals surface area contributed by atoms with Crippen LogP contribution in [0.3, 0.4) is 0 Å². The molecule has 20 heavy (non-hydrogen) atoms. The Hall–Kier alpha value is -1.53. The summed E-state index contributed by atoms with van der Waals surface area (Å²) in [5.74, 6) is -2.03. The SMILES string of the molecule is O=C(NCC(O)c1c(F)cccc1F)C1CCOCC1. The van der Waals surface area contributed by atoms with Crippen LogP contribution in [0.2, 0.25) is 0 Å². The van der Waals surface area contributed by atoms with Gasteiger partial charge in [0.2, 0.25) is 5.91 Å². The summed E-state index contributed by atoms with van der Waals surface area (Å²) in [7, 11) is 0. The van der Waals surface area contributed by atoms with Gasteiger partial charge in [0, 0.05) is 25.7 Å². The van der Waals surface area contributed by atoms with Crippen LogP contribution < -0.4 is 5.32 Å². The third kappa shape index (κ3) is 3.52. The summed E-state index contributed by atoms with van der Waals surface area (Å²) >= 11 is 0. The van der Waals surface area contributed by atoms with E-state index >= 15 is 0 Å². The highest BCUT2D eigenvalue weighted by Crippen LogP contribution is 2.20. The van der Waals surface area contributed by atoms with Crippen molar-refractivity contribution in [2.75, 3.05) is 19.8 Å². The van der Waals surface area contributed by atoms with E-state index in [1.54, 1.807) is 0 Å². The predicted octanol–water partition coefficient (Wildman–Crippen LogP) is 1.54. The molecule has 4 nitrogen and oxygen atoms in total. The quantitative estimate of drug-likeness (QED) is 0.882. The van der Waals surface area contributed by atoms with Crippen LogP contribution in [0.1, 0.15) is 24.5 Å². The van der Waals surface area contributed by atoms with E-state index in [9.17, 15) is 18.7 Å². The minimum atomic E-state index is -1.40. The molecule has 0 aromatic heterocycles. The average molecular weight is 285 g/mol. The van der Waals surface area contributed by atoms with Gasteiger partial charge in [0.25, 0.3) is 0 Å². The third-order valence-electron chi connectivity index (χ3n) is 3.39. The summed E-state index contributed by atoms with van der Waals surface area (Å²) in [6, 6.07) is 3.37. The number of aliphatic hydroxyl groups excluding tert-OH is 1. The Morgan fingerprint density at radius 3 is 2.55 bits per heavy atom. The van der Waals surface area contributed by atoms with Crippen molar-refractivity contribution in [2.45, 2.75) is 18.9 Å². The van der Waals surface area contributed by atoms with Crippen molar-refractivity contribution in [3.05, 3.63) is 35.4 Å². The molecule has 1 aromatic carbocycles. The Bertz CT molecular complexity index is 455. The monoisotopic (exact) mass is 285 g/mol. The number of rotatable bonds is 4. The number of benzene rings is 1. The van der Waals surface area contributed by atoms with Gasteiger partial charge in [-0.3, -0.25) is 4.79 Å². The van der Waals surface area contributed by atoms with Gasteiger partial charge in [0.05, 0.1) is 5.56 Å². The van der Waals surface area contributed by atoms with Gasteiger partial charge in [-0.2, -0.15) is 0 Å². The number of ether oxygens (including phenoxy) is 1. The van der Waals surface area contributed by atoms with E-state index in [2.05, 4.69) is 5.32 Å². The zero-order valence-corrected chi connectivity index (χ0v) is 10.9. The number of hydrogen-bond donors (Lipinski definition) is 2. The van der Waals surface area contributed by atoms with Crippen LogP contribution in [0.15, 0.2) is 18.2 Å². The van der Waals surface area contributed by atoms with Crippen LogP contribution in [0.5, 0.6) is 0 Å². The standard InChI is InChI=1S/C14H17F2NO3/c15-10-2-1-3-11(16)13(10)12(18)8-17-14(19)9-4-6-20-7-5-9/h1-3,9,12,18H,4-8H2,(H,17,19). The van der Waals surface area contributed by atoms with Crippen molar-refractivity contribution in [1.82, 2.24) is 5.32 Å². The van der Waals surface area contributed by atoms with Gasteiger partial charge in [-0.15, -0.1) is 0 Å². The zero-order chi connectivity index (χ0) is 14.5. The topological polar surface area (TPSA) is 58.6 Å². The lowest BCUT2D eigenvalue weighted by Crippen LogP contribution is -2.36. The Morgan fingerprint density at radius 2 is 1.95 bits per heavy atom. The van der Waals surface area contributed by atoms with Crippen molar-refractivity contribution < 1.29 is 23.4 Å². The Labute approximate surface area is 115 Å². The van der Waals surface area contributed by atoms with E-state index < -0.39 is 23.3 Å². The maximum absolute atomic E-state index is 13.5. The lowest BCUT2D eigenvalue weighted by Gasteiger charge is -2.22. The first-order valence-electron chi connectivity index (χ1n) is 6.57. The lowest BCUT2D eigenvalue weighted by molar-refractivity contribution is -0.128. The highest BCUT2D eigenvalue weighted by molar-refractivity contribution is 5.78. The van der Waals surface area contributed by atoms with Crippen LogP contribution in [-0.2, 0) is 9.53 Å². The molecule has 1 saturated heterocycles. The summed E-state index contributed by atoms with van der Waals surface area (Å²) in [4.78, 5) is 11.8. The molecule has 0 aliphatic carbocycles. The fourth-order valence-electron chi connectivity index (χ4n) is 2.23. The maximum Gasteiger partial charge on any atom is 0.223 e. The van der Waals surface area contributed by atoms with E-state index in [0.29, 0.717) is 26.1 Å². The van der Waals surface area contributed by atoms with Crippen molar-refractivity contribution in [2.24, 2.45) is 5.92 Å². The highest BCUT2D eigenvalue weighted by Gasteiger charge is 2.23. The molecule has 1 aliphatic rings. The number of amides is 1. The minimum Gasteiger partial charge on any atom is -0.386 e. The van der Waals surface area contributed by atoms with E-state index in [1.165, 1.54) is 6.07 Å². The first-order chi connectivity index (χ1) is 9.59. The van der Waals surface area contributed by atoms with Gasteiger partial charge in [-0.05, 0) is 25.0 Å². The van der Waals surface area contributed by atoms with Gasteiger partial charge in [-0.1, -0.05) is 6.07 Å². The molecule has 0 spiro atoms. The summed E-state index contributed by atoms with van der Waals surface area (Å²) in [6.07, 6.45) is -0.161. The fraction of sp³-hybridized carbons (Fsp3) is 0.500. The smallest absolute Gasteiger partial charge is 0.223 e. The third-order valence-corrected chi connectivity index (χ3v) is 3.39. The second-order valence-electron chi connectivity index (χ2n) is 4.78. The molecule has 1 amide bonds. The Kier molecular flexibility index (Phi) is 5.03. The van der Waals surface area contributed by atoms with Crippen LogP contribution in [0.25, 0.3) is 0 Å². The summed E-state index contributed by atoms with van der Waals surface area (Å²) in [6.45, 7) is 0.846. The summed E-state index contributed by atoms with van der Waals surface area (Å²) in [5.41, 5.74) is -0.417. The van der Waals surface area contributed by atoms with E-state index in [1.807, 2.05) is 0 Å². The minimum absolute atomic E-state index is 0.165. The molecular formula is C14H17F2NO3. The molecule has 6 heteroatoms. The van der Waals surface area contributed by atoms with E-state index in [0.717, 1.165) is 12.1 Å². The predicted molar refractivity (Wildman–Crippen MR) is 67.9 cm³/mol. The Morgan fingerprint density at radius 1 is 1.35 bits per heavy atom. The first kappa shape index (κ1) is 14.9. The van der Waals surface area contributed by atoms with Crippen molar-refractivity contribution in [3.63, 3.8) is 0 Å². The number of carbonyl (C=O) groups excluding carboxylic acids is 1. The van der Waals surface area contributed by atoms with Crippen molar-refractivity contribution >= 4 is 5.91 Å². The molecule has 0 saturated carbocycles. The maximum atomic E-state index is 13.5. The van der Waals surface area contributed by atoms with Crippen LogP contribution in [0, 0.1) is 17.6 Å². The normalized spacial score (nSPS) is 17.8. The second-order valence-corrected chi connectivity index (χ2v) is 4.78. The van der Waals surface area contributed by atoms with Gasteiger partial charge in [-0.25, -0.2) is 8.78 Å². The second kappa shape index (κ2) is 6.76. The van der Waals surface area contributed by atoms with Crippen molar-refractivity contribution in [3.8, 4) is 0 Å². The van der Waals surface area contributed by atoms with Crippen LogP contribution in [-0.4, -0.2) is 30.8 Å². The molecule has 0 bridgehead atoms. The molecule has 1 fully saturated rings. The molecule has 1 unspecified atom stereocenters. The number of halogens is 2. The number of nitrogens with one attached hydrogen (secondary N) is 1. The molecule has 1 aromatic rings. The molecule has 0 radical (unpaired) electrons. The van der Waals surface area contributed by atoms with Gasteiger partial charge < -0.3 is 15.2 Å². The van der Waals surface area contributed by atoms with Gasteiger partial charge in [0.15, 0.2) is 0 Å². The van der Waals surface area contributed by atoms with Crippen molar-refractivity contribution in [1.29, 1.82) is 0 Å². The average Bonchev–Trinajstić information content (AvgIpc) is 2.45. The molecule has 1 aliphatic heterocycles. The van der Waals surface area contributed by atoms with Gasteiger partial charge in [0.1, 0.15) is 17.7 Å². The number of aliphatic hydroxyl groups is 1. The molecule has 1 heterocycles. The summed E-state index contributed by atoms with van der Waals surface area (Å²) < 4.78 is 32.0. The van der Waals surface area contributed by atoms with Crippen LogP contribution >= 0.6 is 0 Å². The largest absolute Gasteiger partial charge is 0.386 e. The molecule has 110 valence electrons. The van der Waals surface area contributed by atoms with Gasteiger partial charge >= 0.3 is 0 Å². The molecule has 2 N–H and O–H groups in total. The lowest BCUT2D eigenvalue weighted by atomic mass is 9.99. The first-order valence-corrected chi connectivity index (χ1v) is 6.57. The van der Waals surface area contributed by atoms with E-state index in [-0.39, 0.29) is 18.4 Å². The zero-order valence-electron chi connectivity index (χ0n) is 10.9. The molecule has 2 rings (SSSR count). The number of hydrogen-bond acceptors (Lipinski definition) is 3. The Balaban J connectivity index is 1.91. The van der Waals surface area contributed by atoms with E-state index in [4.69, 9.17) is 4.74 Å². The fourth-order valence-corrected chi connectivity index (χ4v) is 2.23.